The van der Waals surface area contributed by atoms with Gasteiger partial charge in [0.1, 0.15) is 11.9 Å². The quantitative estimate of drug-likeness (QED) is 0.814. The van der Waals surface area contributed by atoms with Crippen LogP contribution < -0.4 is 10.6 Å². The zero-order valence-electron chi connectivity index (χ0n) is 12.0. The fraction of sp³-hybridized carbons (Fsp3) is 0.500. The normalized spacial score (nSPS) is 12.9. The van der Waals surface area contributed by atoms with Crippen molar-refractivity contribution in [3.8, 4) is 0 Å². The van der Waals surface area contributed by atoms with Crippen LogP contribution in [0.1, 0.15) is 34.1 Å². The minimum Gasteiger partial charge on any atom is -0.372 e. The minimum atomic E-state index is -0.486. The topological polar surface area (TPSA) is 41.1 Å². The van der Waals surface area contributed by atoms with E-state index in [1.807, 2.05) is 20.8 Å². The Morgan fingerprint density at radius 3 is 2.60 bits per heavy atom. The third kappa shape index (κ3) is 4.63. The Hall–Kier alpha value is -0.810. The van der Waals surface area contributed by atoms with Crippen molar-refractivity contribution < 1.29 is 9.18 Å². The highest BCUT2D eigenvalue weighted by atomic mass is 79.9. The molecule has 6 heteroatoms. The first-order valence-corrected chi connectivity index (χ1v) is 7.56. The highest BCUT2D eigenvalue weighted by molar-refractivity contribution is 9.10. The molecule has 20 heavy (non-hydrogen) atoms. The highest BCUT2D eigenvalue weighted by Gasteiger charge is 2.22. The first kappa shape index (κ1) is 17.2. The fourth-order valence-corrected chi connectivity index (χ4v) is 2.41. The molecule has 0 radical (unpaired) electrons. The molecule has 0 aromatic heterocycles. The maximum Gasteiger partial charge on any atom is 0.242 e. The number of carbonyl (C=O) groups excluding carboxylic acids is 1. The van der Waals surface area contributed by atoms with E-state index in [0.29, 0.717) is 10.2 Å². The van der Waals surface area contributed by atoms with Crippen molar-refractivity contribution in [1.29, 1.82) is 0 Å². The van der Waals surface area contributed by atoms with Gasteiger partial charge in [0.2, 0.25) is 5.91 Å². The van der Waals surface area contributed by atoms with E-state index in [-0.39, 0.29) is 16.5 Å². The third-order valence-corrected chi connectivity index (χ3v) is 4.03. The molecule has 1 rings (SSSR count). The van der Waals surface area contributed by atoms with E-state index in [1.165, 1.54) is 12.1 Å². The molecule has 0 saturated heterocycles. The van der Waals surface area contributed by atoms with E-state index >= 15 is 0 Å². The summed E-state index contributed by atoms with van der Waals surface area (Å²) < 4.78 is 13.6. The number of halogens is 3. The molecule has 0 fully saturated rings. The van der Waals surface area contributed by atoms with Crippen LogP contribution in [0.25, 0.3) is 0 Å². The number of hydrogen-bond donors (Lipinski definition) is 2. The Balaban J connectivity index is 2.81. The molecule has 1 aromatic rings. The van der Waals surface area contributed by atoms with Crippen LogP contribution in [0.3, 0.4) is 0 Å². The molecule has 3 nitrogen and oxygen atoms in total. The summed E-state index contributed by atoms with van der Waals surface area (Å²) in [4.78, 5) is 12.1. The predicted molar refractivity (Wildman–Crippen MR) is 84.7 cm³/mol. The van der Waals surface area contributed by atoms with Gasteiger partial charge in [-0.25, -0.2) is 4.39 Å². The van der Waals surface area contributed by atoms with Crippen molar-refractivity contribution in [3.63, 3.8) is 0 Å². The number of benzene rings is 1. The third-order valence-electron chi connectivity index (χ3n) is 3.11. The first-order valence-electron chi connectivity index (χ1n) is 6.39. The zero-order chi connectivity index (χ0) is 15.5. The molecule has 0 spiro atoms. The van der Waals surface area contributed by atoms with Gasteiger partial charge in [-0.15, -0.1) is 0 Å². The highest BCUT2D eigenvalue weighted by Crippen LogP contribution is 2.32. The summed E-state index contributed by atoms with van der Waals surface area (Å²) in [5, 5.41) is 6.16. The molecular weight excluding hydrogens is 347 g/mol. The number of carbonyl (C=O) groups is 1. The Morgan fingerprint density at radius 2 is 2.10 bits per heavy atom. The molecule has 2 N–H and O–H groups in total. The molecule has 0 bridgehead atoms. The van der Waals surface area contributed by atoms with E-state index in [1.54, 1.807) is 6.92 Å². The lowest BCUT2D eigenvalue weighted by molar-refractivity contribution is -0.123. The van der Waals surface area contributed by atoms with Gasteiger partial charge in [-0.2, -0.15) is 0 Å². The summed E-state index contributed by atoms with van der Waals surface area (Å²) in [5.74, 6) is -0.569. The molecular formula is C14H19BrClFN2O. The van der Waals surface area contributed by atoms with Crippen LogP contribution in [-0.4, -0.2) is 17.5 Å². The first-order chi connectivity index (χ1) is 9.16. The summed E-state index contributed by atoms with van der Waals surface area (Å²) in [7, 11) is 0. The van der Waals surface area contributed by atoms with Gasteiger partial charge < -0.3 is 10.6 Å². The SMILES string of the molecule is CCC(C)(C)NC(=O)C(C)Nc1c(Cl)cc(F)cc1Br. The summed E-state index contributed by atoms with van der Waals surface area (Å²) in [5.41, 5.74) is 0.238. The summed E-state index contributed by atoms with van der Waals surface area (Å²) in [6.07, 6.45) is 0.826. The van der Waals surface area contributed by atoms with Gasteiger partial charge >= 0.3 is 0 Å². The lowest BCUT2D eigenvalue weighted by Gasteiger charge is -2.27. The second-order valence-electron chi connectivity index (χ2n) is 5.34. The summed E-state index contributed by atoms with van der Waals surface area (Å²) in [6, 6.07) is 2.02. The van der Waals surface area contributed by atoms with Crippen LogP contribution in [0.15, 0.2) is 16.6 Å². The molecule has 1 aromatic carbocycles. The number of nitrogens with one attached hydrogen (secondary N) is 2. The lowest BCUT2D eigenvalue weighted by Crippen LogP contribution is -2.48. The minimum absolute atomic E-state index is 0.135. The van der Waals surface area contributed by atoms with Crippen molar-refractivity contribution in [2.45, 2.75) is 45.7 Å². The molecule has 112 valence electrons. The van der Waals surface area contributed by atoms with Crippen LogP contribution in [-0.2, 0) is 4.79 Å². The number of hydrogen-bond acceptors (Lipinski definition) is 2. The molecule has 0 aliphatic rings. The molecule has 0 heterocycles. The van der Waals surface area contributed by atoms with E-state index < -0.39 is 11.9 Å². The van der Waals surface area contributed by atoms with E-state index in [2.05, 4.69) is 26.6 Å². The summed E-state index contributed by atoms with van der Waals surface area (Å²) >= 11 is 9.21. The van der Waals surface area contributed by atoms with Gasteiger partial charge in [-0.3, -0.25) is 4.79 Å². The van der Waals surface area contributed by atoms with Crippen molar-refractivity contribution in [1.82, 2.24) is 5.32 Å². The fourth-order valence-electron chi connectivity index (χ4n) is 1.49. The van der Waals surface area contributed by atoms with Crippen LogP contribution in [0.2, 0.25) is 5.02 Å². The smallest absolute Gasteiger partial charge is 0.242 e. The average Bonchev–Trinajstić information content (AvgIpc) is 2.32. The van der Waals surface area contributed by atoms with Crippen LogP contribution >= 0.6 is 27.5 Å². The molecule has 0 aliphatic heterocycles. The molecule has 1 amide bonds. The van der Waals surface area contributed by atoms with Crippen molar-refractivity contribution in [3.05, 3.63) is 27.4 Å². The Morgan fingerprint density at radius 1 is 1.50 bits per heavy atom. The Labute approximate surface area is 132 Å². The molecule has 1 unspecified atom stereocenters. The number of anilines is 1. The van der Waals surface area contributed by atoms with Crippen LogP contribution in [0.4, 0.5) is 10.1 Å². The maximum absolute atomic E-state index is 13.2. The number of amides is 1. The molecule has 0 aliphatic carbocycles. The van der Waals surface area contributed by atoms with Gasteiger partial charge in [-0.05, 0) is 55.3 Å². The predicted octanol–water partition coefficient (Wildman–Crippen LogP) is 4.35. The second-order valence-corrected chi connectivity index (χ2v) is 6.60. The second kappa shape index (κ2) is 6.76. The number of rotatable bonds is 5. The van der Waals surface area contributed by atoms with Crippen LogP contribution in [0.5, 0.6) is 0 Å². The van der Waals surface area contributed by atoms with Crippen LogP contribution in [0, 0.1) is 5.82 Å². The van der Waals surface area contributed by atoms with Gasteiger partial charge in [0.05, 0.1) is 10.7 Å². The summed E-state index contributed by atoms with van der Waals surface area (Å²) in [6.45, 7) is 7.65. The standard InChI is InChI=1S/C14H19BrClFN2O/c1-5-14(3,4)19-13(20)8(2)18-12-10(15)6-9(17)7-11(12)16/h6-8,18H,5H2,1-4H3,(H,19,20). The Bertz CT molecular complexity index is 485. The van der Waals surface area contributed by atoms with E-state index in [4.69, 9.17) is 11.6 Å². The maximum atomic E-state index is 13.2. The largest absolute Gasteiger partial charge is 0.372 e. The van der Waals surface area contributed by atoms with Gasteiger partial charge in [0.25, 0.3) is 0 Å². The van der Waals surface area contributed by atoms with E-state index in [9.17, 15) is 9.18 Å². The van der Waals surface area contributed by atoms with Crippen molar-refractivity contribution in [2.24, 2.45) is 0 Å². The van der Waals surface area contributed by atoms with E-state index in [0.717, 1.165) is 6.42 Å². The molecule has 1 atom stereocenters. The Kier molecular flexibility index (Phi) is 5.83. The average molecular weight is 366 g/mol. The van der Waals surface area contributed by atoms with Crippen molar-refractivity contribution >= 4 is 39.1 Å². The lowest BCUT2D eigenvalue weighted by atomic mass is 10.0. The monoisotopic (exact) mass is 364 g/mol. The van der Waals surface area contributed by atoms with Gasteiger partial charge in [0, 0.05) is 10.0 Å². The van der Waals surface area contributed by atoms with Gasteiger partial charge in [-0.1, -0.05) is 18.5 Å². The van der Waals surface area contributed by atoms with Gasteiger partial charge in [0.15, 0.2) is 0 Å². The zero-order valence-corrected chi connectivity index (χ0v) is 14.3. The molecule has 0 saturated carbocycles. The van der Waals surface area contributed by atoms with Crippen molar-refractivity contribution in [2.75, 3.05) is 5.32 Å².